The number of nitrogens with zero attached hydrogens (tertiary/aromatic N) is 5. The molecule has 0 bridgehead atoms. The number of hydrogen-bond acceptors (Lipinski definition) is 8. The van der Waals surface area contributed by atoms with E-state index in [2.05, 4.69) is 15.1 Å². The highest BCUT2D eigenvalue weighted by Gasteiger charge is 2.36. The van der Waals surface area contributed by atoms with E-state index in [9.17, 15) is 32.6 Å². The van der Waals surface area contributed by atoms with Gasteiger partial charge in [0.1, 0.15) is 28.3 Å². The van der Waals surface area contributed by atoms with Crippen LogP contribution in [0.1, 0.15) is 28.7 Å². The lowest BCUT2D eigenvalue weighted by Crippen LogP contribution is -2.34. The molecule has 0 saturated carbocycles. The van der Waals surface area contributed by atoms with E-state index in [1.54, 1.807) is 4.90 Å². The van der Waals surface area contributed by atoms with Gasteiger partial charge in [-0.2, -0.15) is 23.3 Å². The molecular weight excluding hydrogens is 644 g/mol. The average Bonchev–Trinajstić information content (AvgIpc) is 2.85. The van der Waals surface area contributed by atoms with E-state index in [1.807, 2.05) is 22.0 Å². The first kappa shape index (κ1) is 26.9. The van der Waals surface area contributed by atoms with E-state index in [-0.39, 0.29) is 48.3 Å². The highest BCUT2D eigenvalue weighted by atomic mass is 127. The summed E-state index contributed by atoms with van der Waals surface area (Å²) < 4.78 is 60.7. The highest BCUT2D eigenvalue weighted by Crippen LogP contribution is 2.40. The number of ether oxygens (including phenoxy) is 1. The largest absolute Gasteiger partial charge is 0.438 e. The van der Waals surface area contributed by atoms with Crippen LogP contribution in [-0.2, 0) is 19.1 Å². The fourth-order valence-electron chi connectivity index (χ4n) is 3.56. The van der Waals surface area contributed by atoms with Crippen molar-refractivity contribution in [3.05, 3.63) is 68.2 Å². The summed E-state index contributed by atoms with van der Waals surface area (Å²) in [7, 11) is 0. The summed E-state index contributed by atoms with van der Waals surface area (Å²) in [5.74, 6) is -2.34. The molecule has 2 aromatic heterocycles. The van der Waals surface area contributed by atoms with Gasteiger partial charge in [0.15, 0.2) is 5.82 Å². The molecule has 3 heterocycles. The number of alkyl halides is 3. The molecule has 2 atom stereocenters. The summed E-state index contributed by atoms with van der Waals surface area (Å²) in [5.41, 5.74) is -0.858. The van der Waals surface area contributed by atoms with E-state index in [0.29, 0.717) is 17.3 Å². The monoisotopic (exact) mass is 659 g/mol. The normalized spacial score (nSPS) is 14.8. The molecule has 16 heteroatoms. The molecule has 0 radical (unpaired) electrons. The maximum atomic E-state index is 13.5. The molecule has 1 aliphatic rings. The second kappa shape index (κ2) is 10.7. The van der Waals surface area contributed by atoms with Crippen LogP contribution in [0, 0.1) is 5.82 Å². The lowest BCUT2D eigenvalue weighted by atomic mass is 10.0. The van der Waals surface area contributed by atoms with Gasteiger partial charge in [-0.1, -0.05) is 11.6 Å². The zero-order valence-corrected chi connectivity index (χ0v) is 21.8. The molecule has 0 spiro atoms. The molecule has 0 amide bonds. The number of aliphatic hydroxyl groups excluding tert-OH is 2. The maximum absolute atomic E-state index is 13.5. The smallest absolute Gasteiger partial charge is 0.420 e. The van der Waals surface area contributed by atoms with Crippen molar-refractivity contribution < 1.29 is 32.5 Å². The summed E-state index contributed by atoms with van der Waals surface area (Å²) in [6.07, 6.45) is -4.80. The topological polar surface area (TPSA) is 114 Å². The Labute approximate surface area is 220 Å². The van der Waals surface area contributed by atoms with Crippen molar-refractivity contribution in [3.8, 4) is 11.6 Å². The zero-order chi connectivity index (χ0) is 26.2. The molecule has 9 nitrogen and oxygen atoms in total. The molecule has 0 fully saturated rings. The van der Waals surface area contributed by atoms with E-state index < -0.39 is 41.6 Å². The predicted molar refractivity (Wildman–Crippen MR) is 132 cm³/mol. The third-order valence-corrected chi connectivity index (χ3v) is 7.50. The summed E-state index contributed by atoms with van der Waals surface area (Å²) in [4.78, 5) is 22.4. The Morgan fingerprint density at radius 2 is 2.06 bits per heavy atom. The standard InChI is InChI=1S/C20H16ClF4IN5O4P/c21-16-13(6-27-31(36-26)19(16)34)30-4-3-10-12(7-30)28-17(14(33)8-32)29-18(10)35-15-2-1-9(22)5-11(15)20(23,24)25/h1-2,5-6,14,32-33,36H,3-4,7-8H2. The lowest BCUT2D eigenvalue weighted by Gasteiger charge is -2.31. The Kier molecular flexibility index (Phi) is 8.00. The van der Waals surface area contributed by atoms with Gasteiger partial charge in [0.2, 0.25) is 5.88 Å². The molecule has 2 unspecified atom stereocenters. The van der Waals surface area contributed by atoms with Crippen molar-refractivity contribution in [1.82, 2.24) is 19.5 Å². The zero-order valence-electron chi connectivity index (χ0n) is 17.9. The highest BCUT2D eigenvalue weighted by molar-refractivity contribution is 14.2. The molecule has 192 valence electrons. The minimum atomic E-state index is -4.91. The number of anilines is 1. The molecule has 36 heavy (non-hydrogen) atoms. The average molecular weight is 660 g/mol. The van der Waals surface area contributed by atoms with Gasteiger partial charge in [0.05, 0.1) is 37.1 Å². The summed E-state index contributed by atoms with van der Waals surface area (Å²) in [6.45, 7) is -0.453. The second-order valence-corrected chi connectivity index (χ2v) is 9.99. The van der Waals surface area contributed by atoms with Gasteiger partial charge in [-0.3, -0.25) is 4.79 Å². The van der Waals surface area contributed by atoms with Gasteiger partial charge in [-0.05, 0) is 46.7 Å². The number of rotatable bonds is 6. The van der Waals surface area contributed by atoms with Crippen molar-refractivity contribution in [2.24, 2.45) is 0 Å². The van der Waals surface area contributed by atoms with Crippen LogP contribution < -0.4 is 15.2 Å². The predicted octanol–water partition coefficient (Wildman–Crippen LogP) is 4.02. The van der Waals surface area contributed by atoms with E-state index in [4.69, 9.17) is 16.3 Å². The molecule has 0 aliphatic carbocycles. The molecule has 1 aliphatic heterocycles. The van der Waals surface area contributed by atoms with Gasteiger partial charge in [0.25, 0.3) is 5.56 Å². The molecular formula is C20H16ClF4IN5O4P. The maximum Gasteiger partial charge on any atom is 0.420 e. The Morgan fingerprint density at radius 3 is 2.72 bits per heavy atom. The van der Waals surface area contributed by atoms with Crippen LogP contribution in [-0.4, -0.2) is 42.9 Å². The number of aromatic nitrogens is 4. The Hall–Kier alpha value is -2.13. The van der Waals surface area contributed by atoms with E-state index >= 15 is 0 Å². The van der Waals surface area contributed by atoms with Crippen LogP contribution in [0.25, 0.3) is 0 Å². The SMILES string of the molecule is O=c1c(Cl)c(N2CCc3c(nc(C(O)CO)nc3Oc3ccc(F)cc3C(F)(F)F)C2)cnn1PI. The third kappa shape index (κ3) is 5.42. The Balaban J connectivity index is 1.77. The third-order valence-electron chi connectivity index (χ3n) is 5.29. The lowest BCUT2D eigenvalue weighted by molar-refractivity contribution is -0.138. The summed E-state index contributed by atoms with van der Waals surface area (Å²) in [5, 5.41) is 23.5. The number of benzene rings is 1. The quantitative estimate of drug-likeness (QED) is 0.232. The minimum absolute atomic E-state index is 0.0340. The van der Waals surface area contributed by atoms with Crippen LogP contribution in [0.3, 0.4) is 0 Å². The van der Waals surface area contributed by atoms with E-state index in [0.717, 1.165) is 12.1 Å². The van der Waals surface area contributed by atoms with Crippen molar-refractivity contribution in [3.63, 3.8) is 0 Å². The first-order valence-corrected chi connectivity index (χ1v) is 14.6. The van der Waals surface area contributed by atoms with Gasteiger partial charge in [0, 0.05) is 12.1 Å². The van der Waals surface area contributed by atoms with Gasteiger partial charge in [-0.25, -0.2) is 13.8 Å². The van der Waals surface area contributed by atoms with Gasteiger partial charge >= 0.3 is 6.18 Å². The van der Waals surface area contributed by atoms with Gasteiger partial charge in [-0.15, -0.1) is 0 Å². The van der Waals surface area contributed by atoms with Crippen LogP contribution in [0.4, 0.5) is 23.2 Å². The van der Waals surface area contributed by atoms with Crippen molar-refractivity contribution in [1.29, 1.82) is 0 Å². The molecule has 1 aromatic carbocycles. The fourth-order valence-corrected chi connectivity index (χ4v) is 5.20. The van der Waals surface area contributed by atoms with Crippen LogP contribution >= 0.6 is 40.0 Å². The molecule has 0 saturated heterocycles. The summed E-state index contributed by atoms with van der Waals surface area (Å²) >= 11 is 8.26. The van der Waals surface area contributed by atoms with Gasteiger partial charge < -0.3 is 19.8 Å². The number of aliphatic hydroxyl groups is 2. The van der Waals surface area contributed by atoms with Crippen molar-refractivity contribution >= 4 is 45.7 Å². The van der Waals surface area contributed by atoms with Crippen molar-refractivity contribution in [2.75, 3.05) is 18.1 Å². The Morgan fingerprint density at radius 1 is 1.31 bits per heavy atom. The number of hydrogen-bond donors (Lipinski definition) is 2. The first-order chi connectivity index (χ1) is 17.0. The van der Waals surface area contributed by atoms with Crippen LogP contribution in [0.15, 0.2) is 29.2 Å². The first-order valence-electron chi connectivity index (χ1n) is 10.2. The van der Waals surface area contributed by atoms with Crippen LogP contribution in [0.2, 0.25) is 5.02 Å². The molecule has 2 N–H and O–H groups in total. The second-order valence-electron chi connectivity index (χ2n) is 7.57. The Bertz CT molecular complexity index is 1360. The van der Waals surface area contributed by atoms with E-state index in [1.165, 1.54) is 10.6 Å². The molecule has 4 rings (SSSR count). The number of fused-ring (bicyclic) bond motifs is 1. The van der Waals surface area contributed by atoms with Crippen molar-refractivity contribution in [2.45, 2.75) is 25.2 Å². The van der Waals surface area contributed by atoms with Crippen LogP contribution in [0.5, 0.6) is 11.6 Å². The minimum Gasteiger partial charge on any atom is -0.438 e. The summed E-state index contributed by atoms with van der Waals surface area (Å²) in [6, 6.07) is 1.96. The molecule has 3 aromatic rings. The fraction of sp³-hybridized carbons (Fsp3) is 0.300. The number of halogens is 6.